The van der Waals surface area contributed by atoms with Gasteiger partial charge in [-0.05, 0) is 18.2 Å². The van der Waals surface area contributed by atoms with Crippen molar-refractivity contribution < 1.29 is 14.3 Å². The van der Waals surface area contributed by atoms with E-state index in [1.54, 1.807) is 18.2 Å². The minimum Gasteiger partial charge on any atom is -0.496 e. The van der Waals surface area contributed by atoms with Gasteiger partial charge in [0.2, 0.25) is 0 Å². The summed E-state index contributed by atoms with van der Waals surface area (Å²) in [5, 5.41) is 3.27. The largest absolute Gasteiger partial charge is 0.496 e. The number of epoxide rings is 1. The maximum Gasteiger partial charge on any atom is 0.255 e. The number of amides is 1. The first-order valence-corrected chi connectivity index (χ1v) is 5.32. The van der Waals surface area contributed by atoms with Crippen LogP contribution in [0.4, 0.5) is 0 Å². The number of carbonyl (C=O) groups is 1. The normalized spacial score (nSPS) is 18.0. The summed E-state index contributed by atoms with van der Waals surface area (Å²) in [6.07, 6.45) is 0.161. The van der Waals surface area contributed by atoms with Crippen molar-refractivity contribution in [2.75, 3.05) is 20.3 Å². The topological polar surface area (TPSA) is 50.9 Å². The van der Waals surface area contributed by atoms with Gasteiger partial charge in [-0.2, -0.15) is 0 Å². The van der Waals surface area contributed by atoms with E-state index < -0.39 is 0 Å². The van der Waals surface area contributed by atoms with E-state index in [2.05, 4.69) is 5.32 Å². The fourth-order valence-electron chi connectivity index (χ4n) is 1.35. The Balaban J connectivity index is 2.09. The molecule has 1 amide bonds. The molecule has 1 fully saturated rings. The van der Waals surface area contributed by atoms with E-state index in [9.17, 15) is 4.79 Å². The molecule has 2 rings (SSSR count). The number of benzene rings is 1. The molecule has 1 aromatic carbocycles. The van der Waals surface area contributed by atoms with E-state index in [4.69, 9.17) is 21.1 Å². The number of methoxy groups -OCH3 is 1. The third-order valence-electron chi connectivity index (χ3n) is 2.30. The molecule has 1 atom stereocenters. The average molecular weight is 242 g/mol. The lowest BCUT2D eigenvalue weighted by Crippen LogP contribution is -2.27. The lowest BCUT2D eigenvalue weighted by Gasteiger charge is -2.08. The van der Waals surface area contributed by atoms with Crippen molar-refractivity contribution in [3.05, 3.63) is 28.8 Å². The third kappa shape index (κ3) is 2.65. The molecule has 16 heavy (non-hydrogen) atoms. The summed E-state index contributed by atoms with van der Waals surface area (Å²) in [5.74, 6) is 0.313. The Hall–Kier alpha value is -1.26. The Kier molecular flexibility index (Phi) is 3.31. The molecule has 1 heterocycles. The zero-order valence-electron chi connectivity index (χ0n) is 8.83. The van der Waals surface area contributed by atoms with Crippen LogP contribution < -0.4 is 10.1 Å². The van der Waals surface area contributed by atoms with Crippen molar-refractivity contribution in [2.45, 2.75) is 6.10 Å². The molecule has 1 N–H and O–H groups in total. The van der Waals surface area contributed by atoms with Crippen LogP contribution in [0.25, 0.3) is 0 Å². The quantitative estimate of drug-likeness (QED) is 0.813. The monoisotopic (exact) mass is 241 g/mol. The molecule has 0 aliphatic carbocycles. The molecule has 0 unspecified atom stereocenters. The van der Waals surface area contributed by atoms with Crippen LogP contribution in [0, 0.1) is 0 Å². The molecule has 0 aromatic heterocycles. The van der Waals surface area contributed by atoms with Gasteiger partial charge < -0.3 is 14.8 Å². The Morgan fingerprint density at radius 2 is 2.44 bits per heavy atom. The van der Waals surface area contributed by atoms with Crippen LogP contribution in [0.1, 0.15) is 10.4 Å². The molecule has 5 heteroatoms. The summed E-state index contributed by atoms with van der Waals surface area (Å²) in [5.41, 5.74) is 0.440. The first kappa shape index (κ1) is 11.2. The fourth-order valence-corrected chi connectivity index (χ4v) is 1.52. The van der Waals surface area contributed by atoms with Crippen molar-refractivity contribution in [2.24, 2.45) is 0 Å². The van der Waals surface area contributed by atoms with E-state index in [1.165, 1.54) is 7.11 Å². The predicted molar refractivity (Wildman–Crippen MR) is 60.1 cm³/mol. The van der Waals surface area contributed by atoms with Gasteiger partial charge in [-0.1, -0.05) is 11.6 Å². The highest BCUT2D eigenvalue weighted by atomic mass is 35.5. The number of hydrogen-bond donors (Lipinski definition) is 1. The van der Waals surface area contributed by atoms with Gasteiger partial charge in [0.25, 0.3) is 5.91 Å². The lowest BCUT2D eigenvalue weighted by molar-refractivity contribution is 0.0947. The Morgan fingerprint density at radius 1 is 1.69 bits per heavy atom. The maximum absolute atomic E-state index is 11.8. The number of halogens is 1. The lowest BCUT2D eigenvalue weighted by atomic mass is 10.2. The molecule has 1 aliphatic rings. The van der Waals surface area contributed by atoms with Crippen molar-refractivity contribution in [1.29, 1.82) is 0 Å². The highest BCUT2D eigenvalue weighted by Crippen LogP contribution is 2.22. The molecule has 0 bridgehead atoms. The average Bonchev–Trinajstić information content (AvgIpc) is 3.09. The molecule has 1 aliphatic heterocycles. The van der Waals surface area contributed by atoms with Crippen molar-refractivity contribution >= 4 is 17.5 Å². The van der Waals surface area contributed by atoms with Gasteiger partial charge >= 0.3 is 0 Å². The summed E-state index contributed by atoms with van der Waals surface area (Å²) in [6.45, 7) is 1.24. The van der Waals surface area contributed by atoms with Crippen LogP contribution in [0.3, 0.4) is 0 Å². The molecular formula is C11H12ClNO3. The van der Waals surface area contributed by atoms with Crippen LogP contribution >= 0.6 is 11.6 Å². The van der Waals surface area contributed by atoms with Crippen molar-refractivity contribution in [1.82, 2.24) is 5.32 Å². The van der Waals surface area contributed by atoms with Gasteiger partial charge in [-0.3, -0.25) is 4.79 Å². The van der Waals surface area contributed by atoms with Crippen LogP contribution in [-0.4, -0.2) is 32.3 Å². The summed E-state index contributed by atoms with van der Waals surface area (Å²) >= 11 is 5.83. The van der Waals surface area contributed by atoms with Gasteiger partial charge in [0.1, 0.15) is 5.75 Å². The molecule has 86 valence electrons. The smallest absolute Gasteiger partial charge is 0.255 e. The maximum atomic E-state index is 11.8. The summed E-state index contributed by atoms with van der Waals surface area (Å²) in [4.78, 5) is 11.8. The van der Waals surface area contributed by atoms with Crippen LogP contribution in [0.15, 0.2) is 18.2 Å². The highest BCUT2D eigenvalue weighted by Gasteiger charge is 2.23. The summed E-state index contributed by atoms with van der Waals surface area (Å²) in [6, 6.07) is 4.94. The number of ether oxygens (including phenoxy) is 2. The zero-order chi connectivity index (χ0) is 11.5. The molecule has 4 nitrogen and oxygen atoms in total. The second-order valence-electron chi connectivity index (χ2n) is 3.51. The number of hydrogen-bond acceptors (Lipinski definition) is 3. The zero-order valence-corrected chi connectivity index (χ0v) is 9.58. The Morgan fingerprint density at radius 3 is 3.06 bits per heavy atom. The molecule has 0 radical (unpaired) electrons. The van der Waals surface area contributed by atoms with E-state index in [0.29, 0.717) is 29.5 Å². The third-order valence-corrected chi connectivity index (χ3v) is 2.53. The summed E-state index contributed by atoms with van der Waals surface area (Å²) in [7, 11) is 1.52. The Bertz CT molecular complexity index is 404. The van der Waals surface area contributed by atoms with E-state index in [1.807, 2.05) is 0 Å². The predicted octanol–water partition coefficient (Wildman–Crippen LogP) is 1.48. The SMILES string of the molecule is COc1ccc(Cl)cc1C(=O)NC[C@@H]1CO1. The van der Waals surface area contributed by atoms with Gasteiger partial charge in [-0.15, -0.1) is 0 Å². The second-order valence-corrected chi connectivity index (χ2v) is 3.95. The highest BCUT2D eigenvalue weighted by molar-refractivity contribution is 6.31. The molecule has 1 saturated heterocycles. The fraction of sp³-hybridized carbons (Fsp3) is 0.364. The molecule has 0 saturated carbocycles. The Labute approximate surface area is 98.5 Å². The van der Waals surface area contributed by atoms with E-state index >= 15 is 0 Å². The standard InChI is InChI=1S/C11H12ClNO3/c1-15-10-3-2-7(12)4-9(10)11(14)13-5-8-6-16-8/h2-4,8H,5-6H2,1H3,(H,13,14)/t8-/m1/s1. The van der Waals surface area contributed by atoms with Gasteiger partial charge in [-0.25, -0.2) is 0 Å². The summed E-state index contributed by atoms with van der Waals surface area (Å²) < 4.78 is 10.1. The molecule has 0 spiro atoms. The minimum atomic E-state index is -0.199. The van der Waals surface area contributed by atoms with Gasteiger partial charge in [0.05, 0.1) is 25.4 Å². The van der Waals surface area contributed by atoms with Gasteiger partial charge in [0.15, 0.2) is 0 Å². The number of carbonyl (C=O) groups excluding carboxylic acids is 1. The van der Waals surface area contributed by atoms with E-state index in [-0.39, 0.29) is 12.0 Å². The van der Waals surface area contributed by atoms with Crippen LogP contribution in [-0.2, 0) is 4.74 Å². The van der Waals surface area contributed by atoms with Crippen LogP contribution in [0.2, 0.25) is 5.02 Å². The van der Waals surface area contributed by atoms with Crippen molar-refractivity contribution in [3.8, 4) is 5.75 Å². The molecular weight excluding hydrogens is 230 g/mol. The van der Waals surface area contributed by atoms with Gasteiger partial charge in [0, 0.05) is 11.6 Å². The number of rotatable bonds is 4. The first-order chi connectivity index (χ1) is 7.70. The van der Waals surface area contributed by atoms with Crippen molar-refractivity contribution in [3.63, 3.8) is 0 Å². The molecule has 1 aromatic rings. The van der Waals surface area contributed by atoms with E-state index in [0.717, 1.165) is 0 Å². The number of nitrogens with one attached hydrogen (secondary N) is 1. The second kappa shape index (κ2) is 4.72. The first-order valence-electron chi connectivity index (χ1n) is 4.94. The van der Waals surface area contributed by atoms with Crippen LogP contribution in [0.5, 0.6) is 5.75 Å². The minimum absolute atomic E-state index is 0.161.